The molecule has 2 N–H and O–H groups in total. The quantitative estimate of drug-likeness (QED) is 0.644. The summed E-state index contributed by atoms with van der Waals surface area (Å²) < 4.78 is 16.1. The van der Waals surface area contributed by atoms with Crippen molar-refractivity contribution in [2.75, 3.05) is 54.6 Å². The van der Waals surface area contributed by atoms with Crippen LogP contribution in [0.4, 0.5) is 0 Å². The van der Waals surface area contributed by atoms with Gasteiger partial charge in [0, 0.05) is 12.1 Å². The Morgan fingerprint density at radius 3 is 2.26 bits per heavy atom. The summed E-state index contributed by atoms with van der Waals surface area (Å²) in [6.07, 6.45) is 3.54. The Kier molecular flexibility index (Phi) is 8.67. The van der Waals surface area contributed by atoms with Gasteiger partial charge in [0.1, 0.15) is 17.2 Å². The molecule has 0 bridgehead atoms. The smallest absolute Gasteiger partial charge is 0.234 e. The summed E-state index contributed by atoms with van der Waals surface area (Å²) in [6, 6.07) is 3.58. The standard InChI is InChI=1S/C20H33N3O4/c1-21-8-5-15-6-9-23(10-7-15)14-20(24)22-13-17-18(26-3)11-16(25-2)12-19(17)27-4/h11-12,15,21H,5-10,13-14H2,1-4H3,(H,22,24). The van der Waals surface area contributed by atoms with Crippen LogP contribution >= 0.6 is 0 Å². The van der Waals surface area contributed by atoms with E-state index < -0.39 is 0 Å². The summed E-state index contributed by atoms with van der Waals surface area (Å²) in [5.41, 5.74) is 0.805. The SMILES string of the molecule is CNCCC1CCN(CC(=O)NCc2c(OC)cc(OC)cc2OC)CC1. The fraction of sp³-hybridized carbons (Fsp3) is 0.650. The first-order valence-electron chi connectivity index (χ1n) is 9.53. The molecule has 7 heteroatoms. The number of amides is 1. The van der Waals surface area contributed by atoms with Crippen LogP contribution in [0.25, 0.3) is 0 Å². The van der Waals surface area contributed by atoms with Crippen molar-refractivity contribution in [1.29, 1.82) is 0 Å². The van der Waals surface area contributed by atoms with E-state index in [1.54, 1.807) is 33.5 Å². The monoisotopic (exact) mass is 379 g/mol. The number of methoxy groups -OCH3 is 3. The van der Waals surface area contributed by atoms with E-state index in [9.17, 15) is 4.79 Å². The minimum atomic E-state index is 0.0172. The van der Waals surface area contributed by atoms with Crippen molar-refractivity contribution < 1.29 is 19.0 Å². The van der Waals surface area contributed by atoms with Crippen molar-refractivity contribution in [3.05, 3.63) is 17.7 Å². The van der Waals surface area contributed by atoms with Crippen molar-refractivity contribution in [3.8, 4) is 17.2 Å². The lowest BCUT2D eigenvalue weighted by Crippen LogP contribution is -2.41. The van der Waals surface area contributed by atoms with Gasteiger partial charge in [0.05, 0.1) is 40.0 Å². The normalized spacial score (nSPS) is 15.4. The second kappa shape index (κ2) is 11.0. The lowest BCUT2D eigenvalue weighted by atomic mass is 9.93. The average Bonchev–Trinajstić information content (AvgIpc) is 2.70. The summed E-state index contributed by atoms with van der Waals surface area (Å²) >= 11 is 0. The molecule has 1 heterocycles. The molecule has 1 aromatic carbocycles. The molecule has 0 unspecified atom stereocenters. The minimum absolute atomic E-state index is 0.0172. The molecule has 27 heavy (non-hydrogen) atoms. The van der Waals surface area contributed by atoms with E-state index >= 15 is 0 Å². The van der Waals surface area contributed by atoms with E-state index in [1.165, 1.54) is 6.42 Å². The van der Waals surface area contributed by atoms with Crippen LogP contribution in [-0.4, -0.2) is 65.4 Å². The van der Waals surface area contributed by atoms with Gasteiger partial charge >= 0.3 is 0 Å². The van der Waals surface area contributed by atoms with Crippen LogP contribution < -0.4 is 24.8 Å². The van der Waals surface area contributed by atoms with Crippen molar-refractivity contribution >= 4 is 5.91 Å². The molecule has 7 nitrogen and oxygen atoms in total. The molecule has 1 amide bonds. The Morgan fingerprint density at radius 2 is 1.74 bits per heavy atom. The predicted molar refractivity (Wildman–Crippen MR) is 106 cm³/mol. The zero-order chi connectivity index (χ0) is 19.6. The highest BCUT2D eigenvalue weighted by Crippen LogP contribution is 2.33. The Bertz CT molecular complexity index is 576. The maximum Gasteiger partial charge on any atom is 0.234 e. The van der Waals surface area contributed by atoms with Crippen LogP contribution in [-0.2, 0) is 11.3 Å². The third kappa shape index (κ3) is 6.29. The number of benzene rings is 1. The molecule has 1 aliphatic heterocycles. The van der Waals surface area contributed by atoms with E-state index in [0.29, 0.717) is 30.3 Å². The summed E-state index contributed by atoms with van der Waals surface area (Å²) in [5, 5.41) is 6.20. The molecule has 152 valence electrons. The molecule has 1 fully saturated rings. The first-order valence-corrected chi connectivity index (χ1v) is 9.53. The average molecular weight is 380 g/mol. The van der Waals surface area contributed by atoms with Crippen LogP contribution in [0.15, 0.2) is 12.1 Å². The number of hydrogen-bond acceptors (Lipinski definition) is 6. The molecular weight excluding hydrogens is 346 g/mol. The molecule has 0 radical (unpaired) electrons. The minimum Gasteiger partial charge on any atom is -0.496 e. The number of piperidine rings is 1. The van der Waals surface area contributed by atoms with Crippen molar-refractivity contribution in [2.45, 2.75) is 25.8 Å². The summed E-state index contributed by atoms with van der Waals surface area (Å²) in [5.74, 6) is 2.71. The Hall–Kier alpha value is -1.99. The Morgan fingerprint density at radius 1 is 1.11 bits per heavy atom. The zero-order valence-corrected chi connectivity index (χ0v) is 17.0. The van der Waals surface area contributed by atoms with Crippen LogP contribution in [0.3, 0.4) is 0 Å². The van der Waals surface area contributed by atoms with Gasteiger partial charge < -0.3 is 24.8 Å². The van der Waals surface area contributed by atoms with Crippen LogP contribution in [0.5, 0.6) is 17.2 Å². The summed E-state index contributed by atoms with van der Waals surface area (Å²) in [6.45, 7) is 3.82. The Labute approximate surface area is 162 Å². The van der Waals surface area contributed by atoms with Crippen molar-refractivity contribution in [3.63, 3.8) is 0 Å². The van der Waals surface area contributed by atoms with Crippen molar-refractivity contribution in [2.24, 2.45) is 5.92 Å². The fourth-order valence-electron chi connectivity index (χ4n) is 3.48. The first kappa shape index (κ1) is 21.3. The fourth-order valence-corrected chi connectivity index (χ4v) is 3.48. The lowest BCUT2D eigenvalue weighted by molar-refractivity contribution is -0.122. The van der Waals surface area contributed by atoms with Gasteiger partial charge in [-0.1, -0.05) is 0 Å². The molecular formula is C20H33N3O4. The highest BCUT2D eigenvalue weighted by molar-refractivity contribution is 5.78. The number of likely N-dealkylation sites (tertiary alicyclic amines) is 1. The molecule has 2 rings (SSSR count). The highest BCUT2D eigenvalue weighted by Gasteiger charge is 2.21. The molecule has 0 atom stereocenters. The predicted octanol–water partition coefficient (Wildman–Crippen LogP) is 1.65. The third-order valence-corrected chi connectivity index (χ3v) is 5.16. The van der Waals surface area contributed by atoms with E-state index in [1.807, 2.05) is 7.05 Å². The van der Waals surface area contributed by atoms with Crippen LogP contribution in [0.1, 0.15) is 24.8 Å². The van der Waals surface area contributed by atoms with Gasteiger partial charge in [-0.3, -0.25) is 9.69 Å². The zero-order valence-electron chi connectivity index (χ0n) is 17.0. The largest absolute Gasteiger partial charge is 0.496 e. The molecule has 0 saturated carbocycles. The number of rotatable bonds is 10. The van der Waals surface area contributed by atoms with Gasteiger partial charge in [-0.05, 0) is 51.9 Å². The molecule has 1 aliphatic rings. The maximum atomic E-state index is 12.4. The van der Waals surface area contributed by atoms with Gasteiger partial charge in [0.25, 0.3) is 0 Å². The second-order valence-corrected chi connectivity index (χ2v) is 6.90. The maximum absolute atomic E-state index is 12.4. The van der Waals surface area contributed by atoms with E-state index in [0.717, 1.165) is 44.0 Å². The Balaban J connectivity index is 1.85. The van der Waals surface area contributed by atoms with Gasteiger partial charge in [-0.2, -0.15) is 0 Å². The molecule has 0 aromatic heterocycles. The van der Waals surface area contributed by atoms with Gasteiger partial charge in [0.15, 0.2) is 0 Å². The summed E-state index contributed by atoms with van der Waals surface area (Å²) in [4.78, 5) is 14.6. The van der Waals surface area contributed by atoms with Crippen molar-refractivity contribution in [1.82, 2.24) is 15.5 Å². The number of nitrogens with zero attached hydrogens (tertiary/aromatic N) is 1. The number of hydrogen-bond donors (Lipinski definition) is 2. The summed E-state index contributed by atoms with van der Waals surface area (Å²) in [7, 11) is 6.78. The third-order valence-electron chi connectivity index (χ3n) is 5.16. The van der Waals surface area contributed by atoms with E-state index in [4.69, 9.17) is 14.2 Å². The van der Waals surface area contributed by atoms with E-state index in [-0.39, 0.29) is 5.91 Å². The van der Waals surface area contributed by atoms with Crippen LogP contribution in [0, 0.1) is 5.92 Å². The van der Waals surface area contributed by atoms with Crippen LogP contribution in [0.2, 0.25) is 0 Å². The number of carbonyl (C=O) groups excluding carboxylic acids is 1. The molecule has 0 spiro atoms. The van der Waals surface area contributed by atoms with E-state index in [2.05, 4.69) is 15.5 Å². The molecule has 0 aliphatic carbocycles. The number of ether oxygens (including phenoxy) is 3. The topological polar surface area (TPSA) is 72.1 Å². The molecule has 1 saturated heterocycles. The first-order chi connectivity index (χ1) is 13.1. The number of nitrogens with one attached hydrogen (secondary N) is 2. The number of carbonyl (C=O) groups is 1. The van der Waals surface area contributed by atoms with Gasteiger partial charge in [-0.25, -0.2) is 0 Å². The molecule has 1 aromatic rings. The van der Waals surface area contributed by atoms with Gasteiger partial charge in [0.2, 0.25) is 5.91 Å². The lowest BCUT2D eigenvalue weighted by Gasteiger charge is -2.31. The van der Waals surface area contributed by atoms with Gasteiger partial charge in [-0.15, -0.1) is 0 Å². The highest BCUT2D eigenvalue weighted by atomic mass is 16.5. The second-order valence-electron chi connectivity index (χ2n) is 6.90.